The third kappa shape index (κ3) is 3.20. The number of halogens is 2. The Kier molecular flexibility index (Phi) is 4.23. The maximum atomic E-state index is 8.34. The van der Waals surface area contributed by atoms with E-state index in [1.807, 2.05) is 19.1 Å². The van der Waals surface area contributed by atoms with Gasteiger partial charge >= 0.3 is 0 Å². The minimum Gasteiger partial charge on any atom is -0.411 e. The lowest BCUT2D eigenvalue weighted by Crippen LogP contribution is -2.00. The van der Waals surface area contributed by atoms with Crippen molar-refractivity contribution >= 4 is 29.4 Å². The molecule has 1 aromatic rings. The molecule has 0 saturated carbocycles. The van der Waals surface area contributed by atoms with Crippen molar-refractivity contribution < 1.29 is 5.21 Å². The maximum absolute atomic E-state index is 8.34. The van der Waals surface area contributed by atoms with E-state index in [1.54, 1.807) is 6.07 Å². The van der Waals surface area contributed by atoms with Crippen molar-refractivity contribution in [3.63, 3.8) is 0 Å². The number of hydrogen-bond donors (Lipinski definition) is 1. The molecule has 0 radical (unpaired) electrons. The largest absolute Gasteiger partial charge is 0.411 e. The van der Waals surface area contributed by atoms with Crippen molar-refractivity contribution in [3.05, 3.63) is 33.8 Å². The van der Waals surface area contributed by atoms with Gasteiger partial charge in [0.05, 0.1) is 10.0 Å². The predicted octanol–water partition coefficient (Wildman–Crippen LogP) is 3.63. The van der Waals surface area contributed by atoms with Crippen LogP contribution in [0.5, 0.6) is 0 Å². The van der Waals surface area contributed by atoms with Crippen LogP contribution in [0.2, 0.25) is 10.0 Å². The minimum absolute atomic E-state index is 0.178. The SMILES string of the molecule is C[C@@H](C=NO)Cc1ccc(Cl)c(Cl)c1. The van der Waals surface area contributed by atoms with Crippen LogP contribution < -0.4 is 0 Å². The maximum Gasteiger partial charge on any atom is 0.0595 e. The Morgan fingerprint density at radius 3 is 2.71 bits per heavy atom. The number of oxime groups is 1. The zero-order chi connectivity index (χ0) is 10.6. The first-order chi connectivity index (χ1) is 6.63. The van der Waals surface area contributed by atoms with Gasteiger partial charge in [-0.2, -0.15) is 0 Å². The van der Waals surface area contributed by atoms with Crippen molar-refractivity contribution in [2.45, 2.75) is 13.3 Å². The molecule has 0 aliphatic carbocycles. The Morgan fingerprint density at radius 2 is 2.14 bits per heavy atom. The van der Waals surface area contributed by atoms with Gasteiger partial charge < -0.3 is 5.21 Å². The second-order valence-corrected chi connectivity index (χ2v) is 4.01. The molecule has 0 saturated heterocycles. The molecule has 0 aromatic heterocycles. The van der Waals surface area contributed by atoms with E-state index in [1.165, 1.54) is 6.21 Å². The third-order valence-electron chi connectivity index (χ3n) is 1.86. The van der Waals surface area contributed by atoms with E-state index >= 15 is 0 Å². The molecule has 0 unspecified atom stereocenters. The molecule has 0 spiro atoms. The smallest absolute Gasteiger partial charge is 0.0595 e. The quantitative estimate of drug-likeness (QED) is 0.481. The molecule has 0 aliphatic heterocycles. The summed E-state index contributed by atoms with van der Waals surface area (Å²) < 4.78 is 0. The number of rotatable bonds is 3. The lowest BCUT2D eigenvalue weighted by Gasteiger charge is -2.05. The molecule has 0 amide bonds. The summed E-state index contributed by atoms with van der Waals surface area (Å²) in [4.78, 5) is 0. The fourth-order valence-electron chi connectivity index (χ4n) is 1.20. The molecule has 2 nitrogen and oxygen atoms in total. The van der Waals surface area contributed by atoms with Gasteiger partial charge in [0.15, 0.2) is 0 Å². The highest BCUT2D eigenvalue weighted by Gasteiger charge is 2.03. The predicted molar refractivity (Wildman–Crippen MR) is 59.6 cm³/mol. The van der Waals surface area contributed by atoms with Gasteiger partial charge in [-0.05, 0) is 30.0 Å². The van der Waals surface area contributed by atoms with E-state index in [2.05, 4.69) is 5.16 Å². The molecule has 4 heteroatoms. The fraction of sp³-hybridized carbons (Fsp3) is 0.300. The second kappa shape index (κ2) is 5.23. The van der Waals surface area contributed by atoms with Crippen molar-refractivity contribution in [3.8, 4) is 0 Å². The molecule has 0 aliphatic rings. The topological polar surface area (TPSA) is 32.6 Å². The molecular weight excluding hydrogens is 221 g/mol. The molecule has 0 fully saturated rings. The molecule has 1 rings (SSSR count). The highest BCUT2D eigenvalue weighted by atomic mass is 35.5. The van der Waals surface area contributed by atoms with E-state index in [4.69, 9.17) is 28.4 Å². The normalized spacial score (nSPS) is 13.4. The molecule has 0 heterocycles. The van der Waals surface area contributed by atoms with Gasteiger partial charge in [0.2, 0.25) is 0 Å². The van der Waals surface area contributed by atoms with Crippen molar-refractivity contribution in [1.82, 2.24) is 0 Å². The summed E-state index contributed by atoms with van der Waals surface area (Å²) in [6, 6.07) is 5.50. The van der Waals surface area contributed by atoms with Gasteiger partial charge in [0, 0.05) is 6.21 Å². The number of hydrogen-bond acceptors (Lipinski definition) is 2. The zero-order valence-corrected chi connectivity index (χ0v) is 9.26. The molecule has 1 N–H and O–H groups in total. The van der Waals surface area contributed by atoms with E-state index in [0.29, 0.717) is 10.0 Å². The number of benzene rings is 1. The van der Waals surface area contributed by atoms with Gasteiger partial charge in [0.25, 0.3) is 0 Å². The van der Waals surface area contributed by atoms with Crippen molar-refractivity contribution in [2.75, 3.05) is 0 Å². The van der Waals surface area contributed by atoms with Gasteiger partial charge in [0.1, 0.15) is 0 Å². The van der Waals surface area contributed by atoms with Crippen LogP contribution in [0.15, 0.2) is 23.4 Å². The third-order valence-corrected chi connectivity index (χ3v) is 2.60. The first-order valence-electron chi connectivity index (χ1n) is 4.25. The average molecular weight is 232 g/mol. The zero-order valence-electron chi connectivity index (χ0n) is 7.74. The second-order valence-electron chi connectivity index (χ2n) is 3.19. The first-order valence-corrected chi connectivity index (χ1v) is 5.00. The van der Waals surface area contributed by atoms with Crippen LogP contribution >= 0.6 is 23.2 Å². The molecule has 76 valence electrons. The minimum atomic E-state index is 0.178. The van der Waals surface area contributed by atoms with Crippen LogP contribution in [0.1, 0.15) is 12.5 Å². The summed E-state index contributed by atoms with van der Waals surface area (Å²) >= 11 is 11.6. The van der Waals surface area contributed by atoms with E-state index in [-0.39, 0.29) is 5.92 Å². The Hall–Kier alpha value is -0.730. The van der Waals surface area contributed by atoms with Crippen LogP contribution in [0.3, 0.4) is 0 Å². The van der Waals surface area contributed by atoms with Crippen LogP contribution in [0.25, 0.3) is 0 Å². The lowest BCUT2D eigenvalue weighted by atomic mass is 10.0. The van der Waals surface area contributed by atoms with Gasteiger partial charge in [-0.3, -0.25) is 0 Å². The van der Waals surface area contributed by atoms with Crippen molar-refractivity contribution in [1.29, 1.82) is 0 Å². The number of nitrogens with zero attached hydrogens (tertiary/aromatic N) is 1. The standard InChI is InChI=1S/C10H11Cl2NO/c1-7(6-13-14)4-8-2-3-9(11)10(12)5-8/h2-3,5-7,14H,4H2,1H3/t7-/m1/s1. The Labute approximate surface area is 93.1 Å². The van der Waals surface area contributed by atoms with Crippen LogP contribution in [-0.2, 0) is 6.42 Å². The van der Waals surface area contributed by atoms with Gasteiger partial charge in [-0.1, -0.05) is 36.2 Å². The first kappa shape index (κ1) is 11.3. The molecular formula is C10H11Cl2NO. The summed E-state index contributed by atoms with van der Waals surface area (Å²) in [5.41, 5.74) is 1.08. The summed E-state index contributed by atoms with van der Waals surface area (Å²) in [5, 5.41) is 12.4. The van der Waals surface area contributed by atoms with Gasteiger partial charge in [-0.15, -0.1) is 5.16 Å². The fourth-order valence-corrected chi connectivity index (χ4v) is 1.53. The Balaban J connectivity index is 2.73. The summed E-state index contributed by atoms with van der Waals surface area (Å²) in [7, 11) is 0. The lowest BCUT2D eigenvalue weighted by molar-refractivity contribution is 0.318. The molecule has 0 bridgehead atoms. The van der Waals surface area contributed by atoms with Crippen LogP contribution in [0, 0.1) is 5.92 Å². The molecule has 1 atom stereocenters. The average Bonchev–Trinajstić information content (AvgIpc) is 2.12. The summed E-state index contributed by atoms with van der Waals surface area (Å²) in [6.07, 6.45) is 2.27. The highest BCUT2D eigenvalue weighted by Crippen LogP contribution is 2.23. The molecule has 1 aromatic carbocycles. The summed E-state index contributed by atoms with van der Waals surface area (Å²) in [6.45, 7) is 1.96. The highest BCUT2D eigenvalue weighted by molar-refractivity contribution is 6.42. The molecule has 14 heavy (non-hydrogen) atoms. The van der Waals surface area contributed by atoms with Crippen molar-refractivity contribution in [2.24, 2.45) is 11.1 Å². The van der Waals surface area contributed by atoms with Gasteiger partial charge in [-0.25, -0.2) is 0 Å². The van der Waals surface area contributed by atoms with Crippen LogP contribution in [0.4, 0.5) is 0 Å². The van der Waals surface area contributed by atoms with Crippen LogP contribution in [-0.4, -0.2) is 11.4 Å². The Morgan fingerprint density at radius 1 is 1.43 bits per heavy atom. The van der Waals surface area contributed by atoms with E-state index < -0.39 is 0 Å². The Bertz CT molecular complexity index is 339. The van der Waals surface area contributed by atoms with E-state index in [9.17, 15) is 0 Å². The summed E-state index contributed by atoms with van der Waals surface area (Å²) in [5.74, 6) is 0.178. The van der Waals surface area contributed by atoms with E-state index in [0.717, 1.165) is 12.0 Å². The monoisotopic (exact) mass is 231 g/mol.